The minimum Gasteiger partial charge on any atom is -0.486 e. The normalized spacial score (nSPS) is 11.5. The molecule has 0 bridgehead atoms. The van der Waals surface area contributed by atoms with E-state index in [2.05, 4.69) is 49.4 Å². The second-order valence-corrected chi connectivity index (χ2v) is 9.07. The third kappa shape index (κ3) is 6.66. The molecule has 0 aliphatic carbocycles. The van der Waals surface area contributed by atoms with E-state index in [9.17, 15) is 0 Å². The molecule has 0 atom stereocenters. The van der Waals surface area contributed by atoms with Gasteiger partial charge in [0.15, 0.2) is 10.6 Å². The zero-order chi connectivity index (χ0) is 22.4. The number of halogens is 1. The lowest BCUT2D eigenvalue weighted by Crippen LogP contribution is -2.22. The summed E-state index contributed by atoms with van der Waals surface area (Å²) in [5, 5.41) is 5.54. The Hall–Kier alpha value is -2.15. The highest BCUT2D eigenvalue weighted by Gasteiger charge is 2.14. The summed E-state index contributed by atoms with van der Waals surface area (Å²) in [4.78, 5) is 2.18. The van der Waals surface area contributed by atoms with E-state index in [-0.39, 0.29) is 0 Å². The summed E-state index contributed by atoms with van der Waals surface area (Å²) in [6, 6.07) is 16.1. The summed E-state index contributed by atoms with van der Waals surface area (Å²) in [6.45, 7) is 9.09. The fourth-order valence-electron chi connectivity index (χ4n) is 3.38. The van der Waals surface area contributed by atoms with Gasteiger partial charge in [-0.3, -0.25) is 4.90 Å². The Balaban J connectivity index is 1.73. The Bertz CT molecular complexity index is 1030. The molecule has 5 nitrogen and oxygen atoms in total. The van der Waals surface area contributed by atoms with Crippen LogP contribution in [0.5, 0.6) is 5.75 Å². The highest BCUT2D eigenvalue weighted by molar-refractivity contribution is 7.71. The SMILES string of the molecule is CCc1ccc(OCc2nn(CN(C)Cc3ccc(Cl)cc3)c(=S)n2CC(C)C)cc1. The molecule has 0 saturated carbocycles. The molecule has 1 aromatic heterocycles. The number of hydrogen-bond acceptors (Lipinski definition) is 4. The van der Waals surface area contributed by atoms with Crippen LogP contribution in [0.1, 0.15) is 37.7 Å². The first-order chi connectivity index (χ1) is 14.9. The van der Waals surface area contributed by atoms with Crippen molar-refractivity contribution in [2.24, 2.45) is 5.92 Å². The van der Waals surface area contributed by atoms with Crippen molar-refractivity contribution in [2.75, 3.05) is 7.05 Å². The van der Waals surface area contributed by atoms with Gasteiger partial charge < -0.3 is 9.30 Å². The minimum absolute atomic E-state index is 0.385. The van der Waals surface area contributed by atoms with E-state index in [0.29, 0.717) is 19.2 Å². The van der Waals surface area contributed by atoms with Gasteiger partial charge in [-0.25, -0.2) is 4.68 Å². The predicted molar refractivity (Wildman–Crippen MR) is 129 cm³/mol. The van der Waals surface area contributed by atoms with Crippen molar-refractivity contribution in [1.82, 2.24) is 19.2 Å². The van der Waals surface area contributed by atoms with Crippen LogP contribution in [0.3, 0.4) is 0 Å². The van der Waals surface area contributed by atoms with Gasteiger partial charge in [0.25, 0.3) is 0 Å². The number of ether oxygens (including phenoxy) is 1. The van der Waals surface area contributed by atoms with Crippen molar-refractivity contribution in [3.63, 3.8) is 0 Å². The molecule has 3 rings (SSSR count). The molecule has 0 saturated heterocycles. The maximum absolute atomic E-state index is 6.02. The maximum atomic E-state index is 6.02. The smallest absolute Gasteiger partial charge is 0.199 e. The molecule has 0 aliphatic rings. The van der Waals surface area contributed by atoms with Crippen molar-refractivity contribution in [2.45, 2.75) is 53.6 Å². The highest BCUT2D eigenvalue weighted by Crippen LogP contribution is 2.16. The molecule has 0 amide bonds. The number of aryl methyl sites for hydroxylation is 1. The van der Waals surface area contributed by atoms with Crippen LogP contribution >= 0.6 is 23.8 Å². The third-order valence-electron chi connectivity index (χ3n) is 4.99. The van der Waals surface area contributed by atoms with Gasteiger partial charge >= 0.3 is 0 Å². The third-order valence-corrected chi connectivity index (χ3v) is 5.67. The summed E-state index contributed by atoms with van der Waals surface area (Å²) in [6.07, 6.45) is 1.02. The van der Waals surface area contributed by atoms with Gasteiger partial charge in [0, 0.05) is 18.1 Å². The van der Waals surface area contributed by atoms with Crippen LogP contribution in [0.15, 0.2) is 48.5 Å². The first-order valence-electron chi connectivity index (χ1n) is 10.7. The fourth-order valence-corrected chi connectivity index (χ4v) is 3.79. The van der Waals surface area contributed by atoms with E-state index < -0.39 is 0 Å². The monoisotopic (exact) mass is 458 g/mol. The van der Waals surface area contributed by atoms with E-state index in [4.69, 9.17) is 33.7 Å². The number of hydrogen-bond donors (Lipinski definition) is 0. The van der Waals surface area contributed by atoms with Crippen LogP contribution in [0.2, 0.25) is 5.02 Å². The predicted octanol–water partition coefficient (Wildman–Crippen LogP) is 5.95. The van der Waals surface area contributed by atoms with Gasteiger partial charge in [-0.2, -0.15) is 5.10 Å². The van der Waals surface area contributed by atoms with Gasteiger partial charge in [-0.05, 0) is 67.0 Å². The number of nitrogens with zero attached hydrogens (tertiary/aromatic N) is 4. The lowest BCUT2D eigenvalue weighted by molar-refractivity contribution is 0.241. The lowest BCUT2D eigenvalue weighted by Gasteiger charge is -2.16. The largest absolute Gasteiger partial charge is 0.486 e. The number of benzene rings is 2. The zero-order valence-electron chi connectivity index (χ0n) is 18.7. The van der Waals surface area contributed by atoms with Crippen molar-refractivity contribution < 1.29 is 4.74 Å². The molecule has 0 unspecified atom stereocenters. The summed E-state index contributed by atoms with van der Waals surface area (Å²) < 4.78 is 10.7. The summed E-state index contributed by atoms with van der Waals surface area (Å²) in [5.74, 6) is 2.14. The average molecular weight is 459 g/mol. The molecule has 166 valence electrons. The molecule has 2 aromatic carbocycles. The van der Waals surface area contributed by atoms with E-state index in [0.717, 1.165) is 40.9 Å². The van der Waals surface area contributed by atoms with Crippen molar-refractivity contribution in [3.8, 4) is 5.75 Å². The van der Waals surface area contributed by atoms with E-state index in [1.807, 2.05) is 41.1 Å². The summed E-state index contributed by atoms with van der Waals surface area (Å²) in [5.41, 5.74) is 2.49. The van der Waals surface area contributed by atoms with Gasteiger partial charge in [-0.1, -0.05) is 56.6 Å². The van der Waals surface area contributed by atoms with Crippen molar-refractivity contribution in [3.05, 3.63) is 75.3 Å². The van der Waals surface area contributed by atoms with Crippen LogP contribution in [0.25, 0.3) is 0 Å². The molecule has 0 fully saturated rings. The van der Waals surface area contributed by atoms with Crippen LogP contribution in [0, 0.1) is 10.7 Å². The standard InChI is InChI=1S/C24H31ClN4OS/c1-5-19-8-12-22(13-9-19)30-16-23-26-29(24(31)28(23)14-18(2)3)17-27(4)15-20-6-10-21(25)11-7-20/h6-13,18H,5,14-17H2,1-4H3. The molecule has 1 heterocycles. The Morgan fingerprint density at radius 3 is 2.32 bits per heavy atom. The molecule has 3 aromatic rings. The van der Waals surface area contributed by atoms with E-state index >= 15 is 0 Å². The molecule has 31 heavy (non-hydrogen) atoms. The number of rotatable bonds is 10. The Morgan fingerprint density at radius 1 is 1.06 bits per heavy atom. The molecule has 7 heteroatoms. The van der Waals surface area contributed by atoms with Gasteiger partial charge in [0.2, 0.25) is 0 Å². The lowest BCUT2D eigenvalue weighted by atomic mass is 10.2. The Labute approximate surface area is 195 Å². The average Bonchev–Trinajstić information content (AvgIpc) is 3.02. The highest BCUT2D eigenvalue weighted by atomic mass is 35.5. The van der Waals surface area contributed by atoms with Crippen molar-refractivity contribution >= 4 is 23.8 Å². The maximum Gasteiger partial charge on any atom is 0.199 e. The second kappa shape index (κ2) is 10.9. The molecule has 0 spiro atoms. The molecule has 0 radical (unpaired) electrons. The zero-order valence-corrected chi connectivity index (χ0v) is 20.3. The molecular weight excluding hydrogens is 428 g/mol. The molecule has 0 N–H and O–H groups in total. The first-order valence-corrected chi connectivity index (χ1v) is 11.5. The van der Waals surface area contributed by atoms with Crippen molar-refractivity contribution in [1.29, 1.82) is 0 Å². The second-order valence-electron chi connectivity index (χ2n) is 8.27. The van der Waals surface area contributed by atoms with Crippen LogP contribution < -0.4 is 4.74 Å². The molecular formula is C24H31ClN4OS. The molecule has 0 aliphatic heterocycles. The van der Waals surface area contributed by atoms with Gasteiger partial charge in [0.05, 0.1) is 6.67 Å². The Morgan fingerprint density at radius 2 is 1.71 bits per heavy atom. The van der Waals surface area contributed by atoms with Crippen LogP contribution in [0.4, 0.5) is 0 Å². The van der Waals surface area contributed by atoms with Gasteiger partial charge in [-0.15, -0.1) is 0 Å². The summed E-state index contributed by atoms with van der Waals surface area (Å²) in [7, 11) is 2.06. The topological polar surface area (TPSA) is 35.2 Å². The van der Waals surface area contributed by atoms with Crippen LogP contribution in [-0.2, 0) is 32.8 Å². The van der Waals surface area contributed by atoms with Crippen LogP contribution in [-0.4, -0.2) is 26.3 Å². The fraction of sp³-hybridized carbons (Fsp3) is 0.417. The Kier molecular flexibility index (Phi) is 8.29. The quantitative estimate of drug-likeness (QED) is 0.351. The van der Waals surface area contributed by atoms with Gasteiger partial charge in [0.1, 0.15) is 12.4 Å². The summed E-state index contributed by atoms with van der Waals surface area (Å²) >= 11 is 11.8. The van der Waals surface area contributed by atoms with E-state index in [1.165, 1.54) is 11.1 Å². The van der Waals surface area contributed by atoms with E-state index in [1.54, 1.807) is 0 Å². The number of aromatic nitrogens is 3. The first kappa shape index (κ1) is 23.5. The minimum atomic E-state index is 0.385.